The highest BCUT2D eigenvalue weighted by Gasteiger charge is 2.10. The highest BCUT2D eigenvalue weighted by molar-refractivity contribution is 9.10. The zero-order valence-electron chi connectivity index (χ0n) is 14.3. The Labute approximate surface area is 167 Å². The number of nitrogens with zero attached hydrogens (tertiary/aromatic N) is 4. The first-order valence-electron chi connectivity index (χ1n) is 8.01. The van der Waals surface area contributed by atoms with Crippen LogP contribution in [-0.4, -0.2) is 31.9 Å². The van der Waals surface area contributed by atoms with Crippen molar-refractivity contribution in [2.24, 2.45) is 5.10 Å². The van der Waals surface area contributed by atoms with E-state index in [0.717, 1.165) is 10.0 Å². The number of aromatic hydroxyl groups is 1. The second kappa shape index (κ2) is 8.44. The summed E-state index contributed by atoms with van der Waals surface area (Å²) in [6.45, 7) is 0.362. The van der Waals surface area contributed by atoms with Crippen molar-refractivity contribution in [2.45, 2.75) is 6.54 Å². The summed E-state index contributed by atoms with van der Waals surface area (Å²) in [5, 5.41) is 28.4. The first-order valence-corrected chi connectivity index (χ1v) is 8.80. The summed E-state index contributed by atoms with van der Waals surface area (Å²) < 4.78 is 2.31. The number of nitro groups is 1. The van der Waals surface area contributed by atoms with Crippen LogP contribution in [0.1, 0.15) is 21.6 Å². The predicted molar refractivity (Wildman–Crippen MR) is 105 cm³/mol. The van der Waals surface area contributed by atoms with Gasteiger partial charge in [0.05, 0.1) is 17.7 Å². The highest BCUT2D eigenvalue weighted by Crippen LogP contribution is 2.20. The minimum Gasteiger partial charge on any atom is -0.507 e. The third kappa shape index (κ3) is 4.80. The van der Waals surface area contributed by atoms with Gasteiger partial charge in [-0.15, -0.1) is 0 Å². The summed E-state index contributed by atoms with van der Waals surface area (Å²) in [6.07, 6.45) is 2.95. The molecule has 142 valence electrons. The van der Waals surface area contributed by atoms with Crippen LogP contribution in [-0.2, 0) is 6.54 Å². The van der Waals surface area contributed by atoms with Crippen molar-refractivity contribution in [3.63, 3.8) is 0 Å². The molecular formula is C18H14BrN5O4. The number of nitro benzene ring substituents is 1. The second-order valence-electron chi connectivity index (χ2n) is 5.72. The van der Waals surface area contributed by atoms with Crippen LogP contribution in [0.2, 0.25) is 0 Å². The normalized spacial score (nSPS) is 10.9. The molecule has 3 aromatic rings. The lowest BCUT2D eigenvalue weighted by atomic mass is 10.2. The average Bonchev–Trinajstić information content (AvgIpc) is 3.13. The minimum atomic E-state index is -0.506. The average molecular weight is 444 g/mol. The molecule has 0 fully saturated rings. The molecule has 1 heterocycles. The Bertz CT molecular complexity index is 1050. The van der Waals surface area contributed by atoms with Gasteiger partial charge in [-0.25, -0.2) is 5.43 Å². The fraction of sp³-hybridized carbons (Fsp3) is 0.0556. The van der Waals surface area contributed by atoms with E-state index in [0.29, 0.717) is 12.1 Å². The monoisotopic (exact) mass is 443 g/mol. The third-order valence-electron chi connectivity index (χ3n) is 3.72. The van der Waals surface area contributed by atoms with E-state index in [9.17, 15) is 20.0 Å². The third-order valence-corrected chi connectivity index (χ3v) is 4.22. The molecule has 0 radical (unpaired) electrons. The lowest BCUT2D eigenvalue weighted by Crippen LogP contribution is -2.18. The summed E-state index contributed by atoms with van der Waals surface area (Å²) in [6, 6.07) is 12.5. The maximum absolute atomic E-state index is 12.1. The van der Waals surface area contributed by atoms with Crippen LogP contribution in [0.25, 0.3) is 0 Å². The zero-order chi connectivity index (χ0) is 20.1. The topological polar surface area (TPSA) is 123 Å². The van der Waals surface area contributed by atoms with Crippen molar-refractivity contribution in [2.75, 3.05) is 0 Å². The maximum Gasteiger partial charge on any atom is 0.291 e. The molecular weight excluding hydrogens is 430 g/mol. The fourth-order valence-corrected chi connectivity index (χ4v) is 2.71. The number of amides is 1. The molecule has 0 bridgehead atoms. The number of hydrogen-bond donors (Lipinski definition) is 2. The first-order chi connectivity index (χ1) is 13.4. The van der Waals surface area contributed by atoms with Crippen LogP contribution in [0.15, 0.2) is 64.3 Å². The number of carbonyl (C=O) groups is 1. The molecule has 9 nitrogen and oxygen atoms in total. The van der Waals surface area contributed by atoms with Gasteiger partial charge in [0.2, 0.25) is 0 Å². The van der Waals surface area contributed by atoms with Crippen molar-refractivity contribution < 1.29 is 14.8 Å². The molecule has 2 N–H and O–H groups in total. The molecule has 0 aliphatic heterocycles. The van der Waals surface area contributed by atoms with Gasteiger partial charge < -0.3 is 5.11 Å². The smallest absolute Gasteiger partial charge is 0.291 e. The molecule has 3 rings (SSSR count). The van der Waals surface area contributed by atoms with Crippen LogP contribution in [0.3, 0.4) is 0 Å². The Hall–Kier alpha value is -3.53. The summed E-state index contributed by atoms with van der Waals surface area (Å²) in [5.41, 5.74) is 3.77. The number of aromatic nitrogens is 2. The predicted octanol–water partition coefficient (Wildman–Crippen LogP) is 3.07. The Morgan fingerprint density at radius 3 is 2.75 bits per heavy atom. The van der Waals surface area contributed by atoms with E-state index in [1.54, 1.807) is 35.1 Å². The van der Waals surface area contributed by atoms with E-state index in [-0.39, 0.29) is 17.1 Å². The molecule has 0 unspecified atom stereocenters. The summed E-state index contributed by atoms with van der Waals surface area (Å²) in [7, 11) is 0. The second-order valence-corrected chi connectivity index (χ2v) is 6.64. The number of phenols is 1. The summed E-state index contributed by atoms with van der Waals surface area (Å²) in [5.74, 6) is -0.471. The quantitative estimate of drug-likeness (QED) is 0.344. The standard InChI is InChI=1S/C18H14BrN5O4/c19-14-3-6-17(25)13(9-14)10-20-21-18(26)16-7-8-23(22-16)11-12-1-4-15(5-2-12)24(27)28/h1-10,25H,11H2,(H,21,26)/b20-10+. The number of halogens is 1. The first kappa shape index (κ1) is 19.2. The summed E-state index contributed by atoms with van der Waals surface area (Å²) in [4.78, 5) is 22.3. The van der Waals surface area contributed by atoms with Gasteiger partial charge in [-0.2, -0.15) is 10.2 Å². The highest BCUT2D eigenvalue weighted by atomic mass is 79.9. The largest absolute Gasteiger partial charge is 0.507 e. The summed E-state index contributed by atoms with van der Waals surface area (Å²) >= 11 is 3.29. The van der Waals surface area contributed by atoms with E-state index in [4.69, 9.17) is 0 Å². The van der Waals surface area contributed by atoms with Crippen molar-refractivity contribution in [1.29, 1.82) is 0 Å². The number of hydrogen-bond acceptors (Lipinski definition) is 6. The van der Waals surface area contributed by atoms with E-state index in [2.05, 4.69) is 31.6 Å². The van der Waals surface area contributed by atoms with E-state index < -0.39 is 10.8 Å². The number of hydrazone groups is 1. The van der Waals surface area contributed by atoms with E-state index in [1.807, 2.05) is 0 Å². The van der Waals surface area contributed by atoms with Gasteiger partial charge in [-0.3, -0.25) is 19.6 Å². The van der Waals surface area contributed by atoms with Crippen molar-refractivity contribution >= 4 is 33.7 Å². The zero-order valence-corrected chi connectivity index (χ0v) is 15.9. The molecule has 1 amide bonds. The van der Waals surface area contributed by atoms with Crippen LogP contribution in [0.4, 0.5) is 5.69 Å². The lowest BCUT2D eigenvalue weighted by molar-refractivity contribution is -0.384. The van der Waals surface area contributed by atoms with E-state index >= 15 is 0 Å². The van der Waals surface area contributed by atoms with Gasteiger partial charge in [0.1, 0.15) is 5.75 Å². The minimum absolute atomic E-state index is 0.0126. The molecule has 0 atom stereocenters. The number of rotatable bonds is 6. The van der Waals surface area contributed by atoms with Crippen LogP contribution < -0.4 is 5.43 Å². The number of phenolic OH excluding ortho intramolecular Hbond substituents is 1. The van der Waals surface area contributed by atoms with Crippen molar-refractivity contribution in [1.82, 2.24) is 15.2 Å². The van der Waals surface area contributed by atoms with Gasteiger partial charge in [0.15, 0.2) is 5.69 Å². The molecule has 0 spiro atoms. The van der Waals surface area contributed by atoms with E-state index in [1.165, 1.54) is 30.5 Å². The molecule has 28 heavy (non-hydrogen) atoms. The number of benzene rings is 2. The molecule has 2 aromatic carbocycles. The van der Waals surface area contributed by atoms with Gasteiger partial charge in [0, 0.05) is 28.4 Å². The Morgan fingerprint density at radius 2 is 2.04 bits per heavy atom. The van der Waals surface area contributed by atoms with Crippen LogP contribution in [0, 0.1) is 10.1 Å². The number of non-ortho nitro benzene ring substituents is 1. The Balaban J connectivity index is 1.61. The molecule has 1 aromatic heterocycles. The van der Waals surface area contributed by atoms with Crippen molar-refractivity contribution in [3.05, 3.63) is 86.1 Å². The fourth-order valence-electron chi connectivity index (χ4n) is 2.33. The molecule has 0 aliphatic carbocycles. The van der Waals surface area contributed by atoms with Crippen molar-refractivity contribution in [3.8, 4) is 5.75 Å². The molecule has 0 saturated heterocycles. The molecule has 10 heteroatoms. The number of carbonyl (C=O) groups excluding carboxylic acids is 1. The van der Waals surface area contributed by atoms with Gasteiger partial charge >= 0.3 is 0 Å². The van der Waals surface area contributed by atoms with Crippen LogP contribution >= 0.6 is 15.9 Å². The molecule has 0 aliphatic rings. The van der Waals surface area contributed by atoms with Crippen LogP contribution in [0.5, 0.6) is 5.75 Å². The SMILES string of the molecule is O=C(N/N=C/c1cc(Br)ccc1O)c1ccn(Cc2ccc([N+](=O)[O-])cc2)n1. The van der Waals surface area contributed by atoms with Gasteiger partial charge in [0.25, 0.3) is 11.6 Å². The van der Waals surface area contributed by atoms with Gasteiger partial charge in [-0.1, -0.05) is 28.1 Å². The van der Waals surface area contributed by atoms with Gasteiger partial charge in [-0.05, 0) is 29.8 Å². The molecule has 0 saturated carbocycles. The Morgan fingerprint density at radius 1 is 1.29 bits per heavy atom. The maximum atomic E-state index is 12.1. The Kier molecular flexibility index (Phi) is 5.80. The number of nitrogens with one attached hydrogen (secondary N) is 1. The lowest BCUT2D eigenvalue weighted by Gasteiger charge is -2.02.